The maximum absolute atomic E-state index is 6.10. The van der Waals surface area contributed by atoms with Crippen LogP contribution in [0.5, 0.6) is 0 Å². The van der Waals surface area contributed by atoms with E-state index < -0.39 is 0 Å². The number of thioether (sulfide) groups is 1. The van der Waals surface area contributed by atoms with Crippen LogP contribution in [-0.4, -0.2) is 14.8 Å². The quantitative estimate of drug-likeness (QED) is 0.309. The molecule has 0 saturated carbocycles. The molecule has 0 N–H and O–H groups in total. The van der Waals surface area contributed by atoms with Crippen LogP contribution in [0.1, 0.15) is 16.7 Å². The average Bonchev–Trinajstić information content (AvgIpc) is 3.14. The third-order valence-electron chi connectivity index (χ3n) is 4.68. The first-order valence-corrected chi connectivity index (χ1v) is 10.9. The van der Waals surface area contributed by atoms with Crippen LogP contribution in [0.2, 0.25) is 10.0 Å². The lowest BCUT2D eigenvalue weighted by atomic mass is 10.1. The van der Waals surface area contributed by atoms with Crippen LogP contribution in [0.15, 0.2) is 71.9 Å². The number of benzene rings is 3. The molecule has 0 spiro atoms. The molecule has 0 aliphatic heterocycles. The summed E-state index contributed by atoms with van der Waals surface area (Å²) in [6.45, 7) is 4.25. The van der Waals surface area contributed by atoms with Gasteiger partial charge in [-0.05, 0) is 73.5 Å². The molecule has 3 aromatic carbocycles. The number of nitrogens with zero attached hydrogens (tertiary/aromatic N) is 3. The molecule has 4 aromatic rings. The molecule has 146 valence electrons. The minimum Gasteiger partial charge on any atom is -0.270 e. The largest absolute Gasteiger partial charge is 0.270 e. The molecule has 0 saturated heterocycles. The number of hydrogen-bond donors (Lipinski definition) is 0. The highest BCUT2D eigenvalue weighted by Crippen LogP contribution is 2.31. The molecule has 29 heavy (non-hydrogen) atoms. The molecule has 6 heteroatoms. The van der Waals surface area contributed by atoms with E-state index in [0.29, 0.717) is 10.0 Å². The SMILES string of the molecule is Cc1ccc(C)c(CSc2nnc(-c3ccc(Cl)cc3)n2-c2ccc(Cl)cc2)c1. The van der Waals surface area contributed by atoms with Crippen molar-refractivity contribution in [3.05, 3.63) is 93.5 Å². The summed E-state index contributed by atoms with van der Waals surface area (Å²) in [5.74, 6) is 1.59. The van der Waals surface area contributed by atoms with E-state index in [-0.39, 0.29) is 0 Å². The Hall–Kier alpha value is -2.27. The molecule has 0 unspecified atom stereocenters. The summed E-state index contributed by atoms with van der Waals surface area (Å²) < 4.78 is 2.06. The Morgan fingerprint density at radius 3 is 2.17 bits per heavy atom. The molecule has 0 bridgehead atoms. The number of aryl methyl sites for hydroxylation is 2. The van der Waals surface area contributed by atoms with Gasteiger partial charge >= 0.3 is 0 Å². The Morgan fingerprint density at radius 1 is 0.828 bits per heavy atom. The first kappa shape index (κ1) is 20.0. The van der Waals surface area contributed by atoms with Crippen molar-refractivity contribution < 1.29 is 0 Å². The minimum atomic E-state index is 0.691. The van der Waals surface area contributed by atoms with E-state index in [1.807, 2.05) is 48.5 Å². The van der Waals surface area contributed by atoms with Crippen LogP contribution in [0, 0.1) is 13.8 Å². The van der Waals surface area contributed by atoms with Gasteiger partial charge in [0.05, 0.1) is 0 Å². The van der Waals surface area contributed by atoms with Crippen molar-refractivity contribution in [3.63, 3.8) is 0 Å². The molecule has 0 atom stereocenters. The molecule has 0 aliphatic rings. The van der Waals surface area contributed by atoms with Crippen molar-refractivity contribution in [1.29, 1.82) is 0 Å². The third-order valence-corrected chi connectivity index (χ3v) is 6.16. The van der Waals surface area contributed by atoms with Crippen molar-refractivity contribution in [2.75, 3.05) is 0 Å². The van der Waals surface area contributed by atoms with Gasteiger partial charge < -0.3 is 0 Å². The first-order chi connectivity index (χ1) is 14.0. The zero-order valence-electron chi connectivity index (χ0n) is 16.1. The van der Waals surface area contributed by atoms with Crippen molar-refractivity contribution >= 4 is 35.0 Å². The Labute approximate surface area is 184 Å². The van der Waals surface area contributed by atoms with Crippen molar-refractivity contribution in [1.82, 2.24) is 14.8 Å². The van der Waals surface area contributed by atoms with Gasteiger partial charge in [0.25, 0.3) is 0 Å². The summed E-state index contributed by atoms with van der Waals surface area (Å²) >= 11 is 13.8. The minimum absolute atomic E-state index is 0.691. The Bertz CT molecular complexity index is 1140. The molecule has 4 rings (SSSR count). The van der Waals surface area contributed by atoms with Crippen molar-refractivity contribution in [3.8, 4) is 17.1 Å². The smallest absolute Gasteiger partial charge is 0.196 e. The topological polar surface area (TPSA) is 30.7 Å². The molecule has 0 fully saturated rings. The summed E-state index contributed by atoms with van der Waals surface area (Å²) in [5.41, 5.74) is 5.75. The van der Waals surface area contributed by atoms with Gasteiger partial charge in [0.15, 0.2) is 11.0 Å². The number of aromatic nitrogens is 3. The van der Waals surface area contributed by atoms with Gasteiger partial charge in [-0.1, -0.05) is 58.7 Å². The summed E-state index contributed by atoms with van der Waals surface area (Å²) in [5, 5.41) is 11.2. The van der Waals surface area contributed by atoms with Crippen LogP contribution in [0.4, 0.5) is 0 Å². The number of halogens is 2. The second-order valence-corrected chi connectivity index (χ2v) is 8.66. The normalized spacial score (nSPS) is 11.0. The monoisotopic (exact) mass is 439 g/mol. The van der Waals surface area contributed by atoms with Crippen LogP contribution in [0.25, 0.3) is 17.1 Å². The standard InChI is InChI=1S/C23H19Cl2N3S/c1-15-3-4-16(2)18(13-15)14-29-23-27-26-22(17-5-7-19(24)8-6-17)28(23)21-11-9-20(25)10-12-21/h3-13H,14H2,1-2H3. The molecule has 0 radical (unpaired) electrons. The van der Waals surface area contributed by atoms with Crippen LogP contribution >= 0.6 is 35.0 Å². The van der Waals surface area contributed by atoms with Gasteiger partial charge in [0.2, 0.25) is 0 Å². The summed E-state index contributed by atoms with van der Waals surface area (Å²) in [7, 11) is 0. The molecule has 0 amide bonds. The zero-order valence-corrected chi connectivity index (χ0v) is 18.4. The average molecular weight is 440 g/mol. The molecule has 1 aromatic heterocycles. The van der Waals surface area contributed by atoms with E-state index in [1.54, 1.807) is 11.8 Å². The van der Waals surface area contributed by atoms with E-state index in [9.17, 15) is 0 Å². The fourth-order valence-corrected chi connectivity index (χ4v) is 4.34. The zero-order chi connectivity index (χ0) is 20.4. The molecule has 1 heterocycles. The van der Waals surface area contributed by atoms with Gasteiger partial charge in [-0.2, -0.15) is 0 Å². The van der Waals surface area contributed by atoms with E-state index in [0.717, 1.165) is 28.0 Å². The molecule has 0 aliphatic carbocycles. The predicted octanol–water partition coefficient (Wildman–Crippen LogP) is 7.15. The maximum Gasteiger partial charge on any atom is 0.196 e. The highest BCUT2D eigenvalue weighted by molar-refractivity contribution is 7.98. The van der Waals surface area contributed by atoms with E-state index in [2.05, 4.69) is 46.8 Å². The highest BCUT2D eigenvalue weighted by atomic mass is 35.5. The Kier molecular flexibility index (Phi) is 5.95. The summed E-state index contributed by atoms with van der Waals surface area (Å²) in [6.07, 6.45) is 0. The second-order valence-electron chi connectivity index (χ2n) is 6.84. The molecular formula is C23H19Cl2N3S. The van der Waals surface area contributed by atoms with Gasteiger partial charge in [-0.3, -0.25) is 4.57 Å². The van der Waals surface area contributed by atoms with E-state index in [4.69, 9.17) is 23.2 Å². The highest BCUT2D eigenvalue weighted by Gasteiger charge is 2.16. The number of rotatable bonds is 5. The van der Waals surface area contributed by atoms with Gasteiger partial charge in [-0.15, -0.1) is 10.2 Å². The fourth-order valence-electron chi connectivity index (χ4n) is 3.07. The Balaban J connectivity index is 1.74. The van der Waals surface area contributed by atoms with Gasteiger partial charge in [0, 0.05) is 27.0 Å². The predicted molar refractivity (Wildman–Crippen MR) is 122 cm³/mol. The lowest BCUT2D eigenvalue weighted by Crippen LogP contribution is -2.00. The van der Waals surface area contributed by atoms with Crippen molar-refractivity contribution in [2.24, 2.45) is 0 Å². The summed E-state index contributed by atoms with van der Waals surface area (Å²) in [4.78, 5) is 0. The Morgan fingerprint density at radius 2 is 1.48 bits per heavy atom. The maximum atomic E-state index is 6.10. The molecular weight excluding hydrogens is 421 g/mol. The van der Waals surface area contributed by atoms with Gasteiger partial charge in [-0.25, -0.2) is 0 Å². The van der Waals surface area contributed by atoms with E-state index in [1.165, 1.54) is 16.7 Å². The third kappa shape index (κ3) is 4.50. The van der Waals surface area contributed by atoms with Crippen molar-refractivity contribution in [2.45, 2.75) is 24.8 Å². The van der Waals surface area contributed by atoms with E-state index >= 15 is 0 Å². The second kappa shape index (κ2) is 8.62. The fraction of sp³-hybridized carbons (Fsp3) is 0.130. The lowest BCUT2D eigenvalue weighted by Gasteiger charge is -2.11. The summed E-state index contributed by atoms with van der Waals surface area (Å²) in [6, 6.07) is 21.9. The lowest BCUT2D eigenvalue weighted by molar-refractivity contribution is 0.886. The van der Waals surface area contributed by atoms with Crippen LogP contribution < -0.4 is 0 Å². The first-order valence-electron chi connectivity index (χ1n) is 9.17. The van der Waals surface area contributed by atoms with Crippen LogP contribution in [0.3, 0.4) is 0 Å². The number of hydrogen-bond acceptors (Lipinski definition) is 3. The van der Waals surface area contributed by atoms with Gasteiger partial charge in [0.1, 0.15) is 0 Å². The van der Waals surface area contributed by atoms with Crippen LogP contribution in [-0.2, 0) is 5.75 Å². The molecule has 3 nitrogen and oxygen atoms in total.